The van der Waals surface area contributed by atoms with E-state index >= 15 is 0 Å². The molecule has 2 aromatic rings. The highest BCUT2D eigenvalue weighted by Gasteiger charge is 2.04. The monoisotopic (exact) mass is 325 g/mol. The average molecular weight is 325 g/mol. The minimum absolute atomic E-state index is 0.00189. The first kappa shape index (κ1) is 17.2. The van der Waals surface area contributed by atoms with Crippen LogP contribution in [0, 0.1) is 10.1 Å². The Morgan fingerprint density at radius 2 is 1.96 bits per heavy atom. The van der Waals surface area contributed by atoms with Gasteiger partial charge in [-0.05, 0) is 23.8 Å². The summed E-state index contributed by atoms with van der Waals surface area (Å²) in [6.07, 6.45) is 2.94. The highest BCUT2D eigenvalue weighted by atomic mass is 16.6. The number of carbonyl (C=O) groups excluding carboxylic acids is 1. The van der Waals surface area contributed by atoms with Gasteiger partial charge in [0, 0.05) is 44.0 Å². The van der Waals surface area contributed by atoms with Crippen LogP contribution in [0.25, 0.3) is 6.08 Å². The van der Waals surface area contributed by atoms with E-state index in [0.29, 0.717) is 18.7 Å². The molecular formula is C18H19N3O3. The minimum Gasteiger partial charge on any atom is -0.373 e. The van der Waals surface area contributed by atoms with Crippen molar-refractivity contribution in [3.63, 3.8) is 0 Å². The first-order valence-corrected chi connectivity index (χ1v) is 7.53. The lowest BCUT2D eigenvalue weighted by molar-refractivity contribution is -0.384. The van der Waals surface area contributed by atoms with Crippen LogP contribution in [0.5, 0.6) is 0 Å². The maximum atomic E-state index is 11.8. The van der Waals surface area contributed by atoms with E-state index in [9.17, 15) is 14.9 Å². The lowest BCUT2D eigenvalue weighted by Crippen LogP contribution is -2.31. The van der Waals surface area contributed by atoms with Crippen LogP contribution in [-0.4, -0.2) is 31.0 Å². The molecule has 24 heavy (non-hydrogen) atoms. The number of likely N-dealkylation sites (N-methyl/N-ethyl adjacent to an activating group) is 1. The largest absolute Gasteiger partial charge is 0.373 e. The van der Waals surface area contributed by atoms with Gasteiger partial charge in [0.2, 0.25) is 5.91 Å². The smallest absolute Gasteiger partial charge is 0.270 e. The first-order chi connectivity index (χ1) is 11.6. The Morgan fingerprint density at radius 3 is 2.67 bits per heavy atom. The molecule has 1 amide bonds. The predicted octanol–water partition coefficient (Wildman–Crippen LogP) is 2.86. The fourth-order valence-electron chi connectivity index (χ4n) is 2.13. The Balaban J connectivity index is 1.81. The van der Waals surface area contributed by atoms with Crippen molar-refractivity contribution in [1.82, 2.24) is 5.32 Å². The van der Waals surface area contributed by atoms with Crippen molar-refractivity contribution in [2.45, 2.75) is 0 Å². The minimum atomic E-state index is -0.461. The number of nitrogens with one attached hydrogen (secondary N) is 1. The van der Waals surface area contributed by atoms with Gasteiger partial charge in [0.15, 0.2) is 0 Å². The van der Waals surface area contributed by atoms with Gasteiger partial charge in [-0.1, -0.05) is 30.3 Å². The Morgan fingerprint density at radius 1 is 1.21 bits per heavy atom. The van der Waals surface area contributed by atoms with Crippen LogP contribution in [0.1, 0.15) is 5.56 Å². The SMILES string of the molecule is CN(CCNC(=O)C=Cc1cccc([N+](=O)[O-])c1)c1ccccc1. The molecule has 0 fully saturated rings. The van der Waals surface area contributed by atoms with Crippen LogP contribution in [0.3, 0.4) is 0 Å². The number of anilines is 1. The molecule has 0 aliphatic rings. The molecule has 0 bridgehead atoms. The van der Waals surface area contributed by atoms with Gasteiger partial charge >= 0.3 is 0 Å². The zero-order valence-corrected chi connectivity index (χ0v) is 13.4. The van der Waals surface area contributed by atoms with Gasteiger partial charge in [-0.15, -0.1) is 0 Å². The number of rotatable bonds is 7. The average Bonchev–Trinajstić information content (AvgIpc) is 2.61. The highest BCUT2D eigenvalue weighted by Crippen LogP contribution is 2.14. The van der Waals surface area contributed by atoms with E-state index in [-0.39, 0.29) is 11.6 Å². The van der Waals surface area contributed by atoms with Gasteiger partial charge in [0.05, 0.1) is 4.92 Å². The van der Waals surface area contributed by atoms with Crippen LogP contribution in [0.2, 0.25) is 0 Å². The molecule has 0 aromatic heterocycles. The molecule has 124 valence electrons. The van der Waals surface area contributed by atoms with E-state index in [2.05, 4.69) is 5.32 Å². The second kappa shape index (κ2) is 8.47. The van der Waals surface area contributed by atoms with Crippen molar-refractivity contribution in [2.24, 2.45) is 0 Å². The number of non-ortho nitro benzene ring substituents is 1. The number of hydrogen-bond donors (Lipinski definition) is 1. The van der Waals surface area contributed by atoms with Crippen LogP contribution in [0.4, 0.5) is 11.4 Å². The van der Waals surface area contributed by atoms with Gasteiger partial charge in [-0.25, -0.2) is 0 Å². The van der Waals surface area contributed by atoms with Crippen molar-refractivity contribution in [3.8, 4) is 0 Å². The van der Waals surface area contributed by atoms with Gasteiger partial charge < -0.3 is 10.2 Å². The fraction of sp³-hybridized carbons (Fsp3) is 0.167. The van der Waals surface area contributed by atoms with Gasteiger partial charge in [-0.2, -0.15) is 0 Å². The molecular weight excluding hydrogens is 306 g/mol. The molecule has 0 aliphatic heterocycles. The van der Waals surface area contributed by atoms with Crippen LogP contribution in [0.15, 0.2) is 60.7 Å². The molecule has 1 N–H and O–H groups in total. The third kappa shape index (κ3) is 5.24. The van der Waals surface area contributed by atoms with Crippen molar-refractivity contribution >= 4 is 23.4 Å². The number of carbonyl (C=O) groups is 1. The molecule has 0 saturated carbocycles. The molecule has 2 rings (SSSR count). The van der Waals surface area contributed by atoms with Gasteiger partial charge in [0.25, 0.3) is 5.69 Å². The second-order valence-corrected chi connectivity index (χ2v) is 5.23. The highest BCUT2D eigenvalue weighted by molar-refractivity contribution is 5.91. The Bertz CT molecular complexity index is 729. The summed E-state index contributed by atoms with van der Waals surface area (Å²) in [4.78, 5) is 24.1. The molecule has 0 radical (unpaired) electrons. The van der Waals surface area contributed by atoms with E-state index in [0.717, 1.165) is 5.69 Å². The van der Waals surface area contributed by atoms with Crippen LogP contribution < -0.4 is 10.2 Å². The number of amides is 1. The van der Waals surface area contributed by atoms with Crippen molar-refractivity contribution in [3.05, 3.63) is 76.4 Å². The quantitative estimate of drug-likeness (QED) is 0.482. The number of nitrogens with zero attached hydrogens (tertiary/aromatic N) is 2. The summed E-state index contributed by atoms with van der Waals surface area (Å²) in [5.41, 5.74) is 1.70. The molecule has 0 saturated heterocycles. The van der Waals surface area contributed by atoms with Crippen molar-refractivity contribution in [1.29, 1.82) is 0 Å². The molecule has 6 heteroatoms. The number of benzene rings is 2. The molecule has 6 nitrogen and oxygen atoms in total. The summed E-state index contributed by atoms with van der Waals surface area (Å²) in [5.74, 6) is -0.233. The van der Waals surface area contributed by atoms with Crippen molar-refractivity contribution in [2.75, 3.05) is 25.0 Å². The standard InChI is InChI=1S/C18H19N3O3/c1-20(16-7-3-2-4-8-16)13-12-19-18(22)11-10-15-6-5-9-17(14-15)21(23)24/h2-11,14H,12-13H2,1H3,(H,19,22). The van der Waals surface area contributed by atoms with Crippen LogP contribution >= 0.6 is 0 Å². The molecule has 0 heterocycles. The van der Waals surface area contributed by atoms with Crippen molar-refractivity contribution < 1.29 is 9.72 Å². The van der Waals surface area contributed by atoms with Crippen LogP contribution in [-0.2, 0) is 4.79 Å². The third-order valence-corrected chi connectivity index (χ3v) is 3.45. The summed E-state index contributed by atoms with van der Waals surface area (Å²) in [7, 11) is 1.96. The third-order valence-electron chi connectivity index (χ3n) is 3.45. The maximum absolute atomic E-state index is 11.8. The normalized spacial score (nSPS) is 10.5. The van der Waals surface area contributed by atoms with E-state index in [4.69, 9.17) is 0 Å². The summed E-state index contributed by atoms with van der Waals surface area (Å²) < 4.78 is 0. The summed E-state index contributed by atoms with van der Waals surface area (Å²) >= 11 is 0. The lowest BCUT2D eigenvalue weighted by atomic mass is 10.2. The number of para-hydroxylation sites is 1. The molecule has 2 aromatic carbocycles. The van der Waals surface area contributed by atoms with E-state index in [1.807, 2.05) is 42.3 Å². The first-order valence-electron chi connectivity index (χ1n) is 7.53. The number of nitro groups is 1. The Labute approximate surface area is 140 Å². The summed E-state index contributed by atoms with van der Waals surface area (Å²) in [6, 6.07) is 16.0. The number of hydrogen-bond acceptors (Lipinski definition) is 4. The second-order valence-electron chi connectivity index (χ2n) is 5.23. The molecule has 0 spiro atoms. The summed E-state index contributed by atoms with van der Waals surface area (Å²) in [5, 5.41) is 13.5. The molecule has 0 unspecified atom stereocenters. The van der Waals surface area contributed by atoms with Gasteiger partial charge in [-0.3, -0.25) is 14.9 Å². The van der Waals surface area contributed by atoms with E-state index in [1.54, 1.807) is 18.2 Å². The van der Waals surface area contributed by atoms with E-state index < -0.39 is 4.92 Å². The lowest BCUT2D eigenvalue weighted by Gasteiger charge is -2.19. The zero-order chi connectivity index (χ0) is 17.4. The fourth-order valence-corrected chi connectivity index (χ4v) is 2.13. The Kier molecular flexibility index (Phi) is 6.08. The van der Waals surface area contributed by atoms with E-state index in [1.165, 1.54) is 18.2 Å². The van der Waals surface area contributed by atoms with Gasteiger partial charge in [0.1, 0.15) is 0 Å². The maximum Gasteiger partial charge on any atom is 0.270 e. The molecule has 0 aliphatic carbocycles. The predicted molar refractivity (Wildman–Crippen MR) is 94.9 cm³/mol. The summed E-state index contributed by atoms with van der Waals surface area (Å²) in [6.45, 7) is 1.18. The number of nitro benzene ring substituents is 1. The zero-order valence-electron chi connectivity index (χ0n) is 13.4. The molecule has 0 atom stereocenters. The Hall–Kier alpha value is -3.15. The topological polar surface area (TPSA) is 75.5 Å².